The Labute approximate surface area is 745 Å². The lowest BCUT2D eigenvalue weighted by Crippen LogP contribution is -2.41. The molecule has 670 valence electrons. The second kappa shape index (κ2) is 51.2. The van der Waals surface area contributed by atoms with Gasteiger partial charge in [-0.3, -0.25) is 9.59 Å². The number of phenolic OH excluding ortho intramolecular Hbond substituents is 1. The minimum Gasteiger partial charge on any atom is -0.508 e. The van der Waals surface area contributed by atoms with Gasteiger partial charge in [0.25, 0.3) is 0 Å². The highest BCUT2D eigenvalue weighted by Gasteiger charge is 2.30. The second-order valence-electron chi connectivity index (χ2n) is 31.4. The van der Waals surface area contributed by atoms with Crippen molar-refractivity contribution in [1.29, 1.82) is 0 Å². The number of phenols is 1. The average Bonchev–Trinajstić information content (AvgIpc) is 1.66. The molecule has 127 heavy (non-hydrogen) atoms. The lowest BCUT2D eigenvalue weighted by Gasteiger charge is -2.33. The molecule has 15 rings (SSSR count). The summed E-state index contributed by atoms with van der Waals surface area (Å²) in [6, 6.07) is 58.7. The van der Waals surface area contributed by atoms with E-state index >= 15 is 0 Å². The number of piperidine rings is 3. The van der Waals surface area contributed by atoms with Crippen molar-refractivity contribution in [2.24, 2.45) is 0 Å². The molecule has 3 fully saturated rings. The predicted molar refractivity (Wildman–Crippen MR) is 500 cm³/mol. The number of anilines is 2. The van der Waals surface area contributed by atoms with E-state index in [1.807, 2.05) is 194 Å². The summed E-state index contributed by atoms with van der Waals surface area (Å²) in [4.78, 5) is 111. The van der Waals surface area contributed by atoms with Crippen LogP contribution in [0.4, 0.5) is 21.1 Å². The Morgan fingerprint density at radius 1 is 0.480 bits per heavy atom. The lowest BCUT2D eigenvalue weighted by atomic mass is 9.90. The fraction of sp³-hybridized carbons (Fsp3) is 0.317. The molecule has 0 unspecified atom stereocenters. The Balaban J connectivity index is 0.000000289. The van der Waals surface area contributed by atoms with Crippen LogP contribution >= 0.6 is 0 Å². The van der Waals surface area contributed by atoms with E-state index < -0.39 is 11.2 Å². The third-order valence-corrected chi connectivity index (χ3v) is 20.1. The van der Waals surface area contributed by atoms with Crippen molar-refractivity contribution in [3.05, 3.63) is 281 Å². The number of imidazole rings is 2. The van der Waals surface area contributed by atoms with Gasteiger partial charge in [-0.25, -0.2) is 34.5 Å². The Bertz CT molecular complexity index is 5550. The fourth-order valence-corrected chi connectivity index (χ4v) is 13.7. The summed E-state index contributed by atoms with van der Waals surface area (Å²) in [6.07, 6.45) is 16.7. The molecule has 0 bridgehead atoms. The van der Waals surface area contributed by atoms with Crippen molar-refractivity contribution in [3.8, 4) is 45.8 Å². The van der Waals surface area contributed by atoms with Crippen LogP contribution in [-0.2, 0) is 48.5 Å². The summed E-state index contributed by atoms with van der Waals surface area (Å²) in [5.74, 6) is 5.83. The van der Waals surface area contributed by atoms with E-state index in [4.69, 9.17) is 69.4 Å². The van der Waals surface area contributed by atoms with Crippen LogP contribution in [0, 0.1) is 13.8 Å². The van der Waals surface area contributed by atoms with Gasteiger partial charge in [0.1, 0.15) is 84.1 Å². The van der Waals surface area contributed by atoms with Crippen LogP contribution in [0.1, 0.15) is 204 Å². The maximum atomic E-state index is 12.4. The van der Waals surface area contributed by atoms with E-state index in [9.17, 15) is 19.2 Å². The van der Waals surface area contributed by atoms with Crippen molar-refractivity contribution in [1.82, 2.24) is 50.0 Å². The average molecular weight is 1730 g/mol. The number of hydrogen-bond donors (Lipinski definition) is 6. The molecule has 8 N–H and O–H groups in total. The molecule has 3 aliphatic rings. The van der Waals surface area contributed by atoms with E-state index in [-0.39, 0.29) is 59.9 Å². The molecule has 3 aliphatic heterocycles. The number of fused-ring (bicyclic) bond motifs is 2. The van der Waals surface area contributed by atoms with Gasteiger partial charge in [0.15, 0.2) is 11.3 Å². The molecule has 3 saturated heterocycles. The van der Waals surface area contributed by atoms with E-state index in [0.717, 1.165) is 171 Å². The number of H-pyrrole nitrogens is 2. The fourth-order valence-electron chi connectivity index (χ4n) is 13.7. The van der Waals surface area contributed by atoms with Crippen LogP contribution in [0.25, 0.3) is 57.3 Å². The number of carbonyl (C=O) groups excluding carboxylic acids is 8. The highest BCUT2D eigenvalue weighted by Crippen LogP contribution is 2.36. The molecule has 5 aromatic heterocycles. The quantitative estimate of drug-likeness (QED) is 0.0435. The SMILES string of the molecule is C.C.C.C.C=Cc1cc(-c2nc3ncc(C4CCN(C(=O)OC(C)(C)C)CC4)cc3[nH]2)ccc1OCc1ccccc1.C=Cc1cc(-c2nc3ncc(C4CCNCC4)cc3[nH]2)ccc1OCc1ccccc1.CC(C)(C)OC(=O)N1CCC(c2cnc(N)c(N)c2)CC1.Cc1cc(C=O)ccc1O.Cc1cc(C=O)ccc1OCc1ccccc1.O=C=O.O=C=O. The standard InChI is InChI=1S/C31H34N4O3.C26H26N4O.C15H24N4O2.C15H14O2.C8H8O2.2CO2.4CH4/c1-5-22-17-24(11-12-27(22)37-20-21-9-7-6-8-10-21)28-33-26-18-25(19-32-29(26)34-28)23-13-15-35(16-14-23)30(36)38-31(2,3)4;1-2-19-14-21(8-9-24(19)31-17-18-6-4-3-5-7-18)25-29-23-15-22(16-28-26(23)30-25)20-10-12-27-13-11-20;1-15(2,3)21-14(20)19-6-4-10(5-7-19)11-8-12(16)13(17)18-9-11;1-12-9-14(10-16)7-8-15(12)17-11-13-5-3-2-4-6-13;1-6-4-7(5-9)2-3-8(6)10;2*2-1-3;;;;/h5-12,17-19,23H,1,13-16,20H2,2-4H3,(H,32,33,34);2-9,14-16,20,27H,1,10-13,17H2,(H,28,29,30);8-10H,4-7,16H2,1-3H3,(H2,17,18);2-10H,11H2,1H3;2-5,10H,1H3;;;4*1H4. The van der Waals surface area contributed by atoms with Gasteiger partial charge in [-0.2, -0.15) is 19.2 Å². The van der Waals surface area contributed by atoms with Gasteiger partial charge in [-0.15, -0.1) is 0 Å². The molecule has 2 amide bonds. The zero-order chi connectivity index (χ0) is 88.4. The van der Waals surface area contributed by atoms with Crippen LogP contribution in [-0.4, -0.2) is 137 Å². The lowest BCUT2D eigenvalue weighted by molar-refractivity contribution is -0.193. The third kappa shape index (κ3) is 31.8. The molecule has 0 aliphatic carbocycles. The summed E-state index contributed by atoms with van der Waals surface area (Å²) in [5, 5.41) is 12.4. The normalized spacial score (nSPS) is 12.9. The van der Waals surface area contributed by atoms with E-state index in [1.165, 1.54) is 11.6 Å². The van der Waals surface area contributed by atoms with E-state index in [1.54, 1.807) is 47.2 Å². The topological polar surface area (TPSA) is 370 Å². The van der Waals surface area contributed by atoms with E-state index in [0.29, 0.717) is 92.0 Å². The maximum Gasteiger partial charge on any atom is 0.410 e. The zero-order valence-electron chi connectivity index (χ0n) is 70.7. The number of aromatic amines is 2. The molecule has 7 aromatic carbocycles. The Morgan fingerprint density at radius 2 is 0.835 bits per heavy atom. The monoisotopic (exact) mass is 1730 g/mol. The number of nitrogens with zero attached hydrogens (tertiary/aromatic N) is 7. The van der Waals surface area contributed by atoms with E-state index in [2.05, 4.69) is 73.7 Å². The van der Waals surface area contributed by atoms with Crippen LogP contribution in [0.3, 0.4) is 0 Å². The number of amides is 2. The summed E-state index contributed by atoms with van der Waals surface area (Å²) >= 11 is 0. The second-order valence-corrected chi connectivity index (χ2v) is 31.4. The first kappa shape index (κ1) is 103. The van der Waals surface area contributed by atoms with Crippen molar-refractivity contribution in [2.45, 2.75) is 172 Å². The number of likely N-dealkylation sites (tertiary alicyclic amines) is 2. The number of benzene rings is 7. The maximum absolute atomic E-state index is 12.4. The van der Waals surface area contributed by atoms with Gasteiger partial charge in [-0.1, -0.05) is 146 Å². The van der Waals surface area contributed by atoms with Gasteiger partial charge in [0, 0.05) is 78.2 Å². The van der Waals surface area contributed by atoms with Gasteiger partial charge in [-0.05, 0) is 260 Å². The zero-order valence-corrected chi connectivity index (χ0v) is 70.7. The summed E-state index contributed by atoms with van der Waals surface area (Å²) < 4.78 is 28.7. The largest absolute Gasteiger partial charge is 0.508 e. The van der Waals surface area contributed by atoms with Crippen molar-refractivity contribution in [2.75, 3.05) is 50.7 Å². The number of aromatic nitrogens is 7. The molecule has 26 nitrogen and oxygen atoms in total. The van der Waals surface area contributed by atoms with Gasteiger partial charge < -0.3 is 65.3 Å². The minimum absolute atomic E-state index is 0. The number of nitrogens with one attached hydrogen (secondary N) is 3. The number of hydrogen-bond acceptors (Lipinski definition) is 22. The summed E-state index contributed by atoms with van der Waals surface area (Å²) in [5.41, 5.74) is 28.0. The molecule has 0 spiro atoms. The van der Waals surface area contributed by atoms with Crippen molar-refractivity contribution >= 4 is 83.0 Å². The first-order valence-electron chi connectivity index (χ1n) is 40.4. The molecule has 0 saturated carbocycles. The van der Waals surface area contributed by atoms with Crippen molar-refractivity contribution < 1.29 is 67.1 Å². The third-order valence-electron chi connectivity index (χ3n) is 20.1. The molecule has 12 aromatic rings. The van der Waals surface area contributed by atoms with Crippen molar-refractivity contribution in [3.63, 3.8) is 0 Å². The Kier molecular flexibility index (Phi) is 41.6. The van der Waals surface area contributed by atoms with Crippen LogP contribution in [0.15, 0.2) is 214 Å². The highest BCUT2D eigenvalue weighted by atomic mass is 16.6. The molecule has 8 heterocycles. The number of nitrogen functional groups attached to an aromatic ring is 2. The van der Waals surface area contributed by atoms with Gasteiger partial charge in [0.05, 0.1) is 16.7 Å². The Morgan fingerprint density at radius 3 is 1.20 bits per heavy atom. The molecular weight excluding hydrogens is 1610 g/mol. The number of nitrogens with two attached hydrogens (primary N) is 2. The van der Waals surface area contributed by atoms with Crippen LogP contribution < -0.4 is 31.0 Å². The number of pyridine rings is 3. The molecule has 26 heteroatoms. The van der Waals surface area contributed by atoms with Crippen LogP contribution in [0.5, 0.6) is 23.0 Å². The summed E-state index contributed by atoms with van der Waals surface area (Å²) in [7, 11) is 0. The smallest absolute Gasteiger partial charge is 0.410 e. The number of rotatable bonds is 18. The van der Waals surface area contributed by atoms with Crippen LogP contribution in [0.2, 0.25) is 0 Å². The number of carbonyl (C=O) groups is 4. The first-order valence-corrected chi connectivity index (χ1v) is 40.4. The highest BCUT2D eigenvalue weighted by molar-refractivity contribution is 5.80. The first-order chi connectivity index (χ1) is 59.2. The number of aldehydes is 2. The van der Waals surface area contributed by atoms with Gasteiger partial charge >= 0.3 is 24.5 Å². The van der Waals surface area contributed by atoms with Gasteiger partial charge in [0.2, 0.25) is 0 Å². The molecular formula is C101H122N12O14. The predicted octanol–water partition coefficient (Wildman–Crippen LogP) is 20.9. The number of aryl methyl sites for hydroxylation is 2. The molecule has 0 radical (unpaired) electrons. The minimum atomic E-state index is -0.483. The molecule has 0 atom stereocenters. The Hall–Kier alpha value is -14.2. The number of aromatic hydroxyl groups is 1. The number of ether oxygens (including phenoxy) is 5. The summed E-state index contributed by atoms with van der Waals surface area (Å²) in [6.45, 7) is 29.3.